The van der Waals surface area contributed by atoms with Crippen LogP contribution in [0.2, 0.25) is 0 Å². The number of pyridine rings is 2. The second-order valence-electron chi connectivity index (χ2n) is 8.48. The molecule has 1 aromatic carbocycles. The van der Waals surface area contributed by atoms with Gasteiger partial charge in [0, 0.05) is 48.0 Å². The van der Waals surface area contributed by atoms with Crippen LogP contribution in [-0.4, -0.2) is 39.3 Å². The van der Waals surface area contributed by atoms with Crippen LogP contribution in [0, 0.1) is 0 Å². The molecule has 0 amide bonds. The Kier molecular flexibility index (Phi) is 3.84. The number of aliphatic hydroxyl groups excluding tert-OH is 1. The Labute approximate surface area is 169 Å². The summed E-state index contributed by atoms with van der Waals surface area (Å²) in [7, 11) is 0. The third-order valence-corrected chi connectivity index (χ3v) is 6.68. The van der Waals surface area contributed by atoms with Crippen LogP contribution < -0.4 is 4.90 Å². The zero-order valence-electron chi connectivity index (χ0n) is 16.3. The quantitative estimate of drug-likeness (QED) is 0.541. The zero-order valence-corrected chi connectivity index (χ0v) is 16.3. The molecule has 3 aromatic heterocycles. The van der Waals surface area contributed by atoms with Gasteiger partial charge in [0.1, 0.15) is 5.65 Å². The molecule has 0 spiro atoms. The molecule has 0 radical (unpaired) electrons. The molecule has 1 aliphatic carbocycles. The first-order valence-electron chi connectivity index (χ1n) is 10.5. The molecule has 1 saturated heterocycles. The Balaban J connectivity index is 1.47. The van der Waals surface area contributed by atoms with Crippen molar-refractivity contribution in [1.29, 1.82) is 0 Å². The lowest BCUT2D eigenvalue weighted by Gasteiger charge is -2.25. The van der Waals surface area contributed by atoms with Crippen LogP contribution in [0.3, 0.4) is 0 Å². The van der Waals surface area contributed by atoms with Gasteiger partial charge < -0.3 is 15.0 Å². The number of hydrogen-bond acceptors (Lipinski definition) is 4. The van der Waals surface area contributed by atoms with Crippen molar-refractivity contribution in [2.45, 2.75) is 37.7 Å². The summed E-state index contributed by atoms with van der Waals surface area (Å²) >= 11 is 0. The number of benzene rings is 1. The summed E-state index contributed by atoms with van der Waals surface area (Å²) in [6.45, 7) is 1.56. The highest BCUT2D eigenvalue weighted by molar-refractivity contribution is 6.08. The molecule has 0 bridgehead atoms. The lowest BCUT2D eigenvalue weighted by molar-refractivity contribution is 0.198. The maximum absolute atomic E-state index is 9.87. The topological polar surface area (TPSA) is 65.0 Å². The van der Waals surface area contributed by atoms with E-state index in [0.717, 1.165) is 29.9 Å². The maximum Gasteiger partial charge on any atom is 0.138 e. The number of anilines is 1. The third kappa shape index (κ3) is 2.80. The number of H-pyrrole nitrogens is 1. The van der Waals surface area contributed by atoms with E-state index in [-0.39, 0.29) is 6.10 Å². The van der Waals surface area contributed by atoms with E-state index in [1.165, 1.54) is 46.5 Å². The van der Waals surface area contributed by atoms with Gasteiger partial charge in [-0.25, -0.2) is 4.98 Å². The molecule has 1 unspecified atom stereocenters. The van der Waals surface area contributed by atoms with Crippen LogP contribution >= 0.6 is 0 Å². The normalized spacial score (nSPS) is 19.9. The molecule has 2 N–H and O–H groups in total. The van der Waals surface area contributed by atoms with Crippen LogP contribution in [0.5, 0.6) is 0 Å². The van der Waals surface area contributed by atoms with Gasteiger partial charge in [-0.05, 0) is 53.8 Å². The molecular formula is C24H24N4O. The van der Waals surface area contributed by atoms with Gasteiger partial charge in [-0.15, -0.1) is 0 Å². The van der Waals surface area contributed by atoms with Crippen molar-refractivity contribution in [2.75, 3.05) is 18.0 Å². The highest BCUT2D eigenvalue weighted by atomic mass is 16.3. The fraction of sp³-hybridized carbons (Fsp3) is 0.333. The number of nitrogens with one attached hydrogen (secondary N) is 1. The first kappa shape index (κ1) is 17.0. The van der Waals surface area contributed by atoms with E-state index in [2.05, 4.69) is 50.3 Å². The van der Waals surface area contributed by atoms with E-state index < -0.39 is 0 Å². The number of nitrogens with zero attached hydrogens (tertiary/aromatic N) is 3. The predicted molar refractivity (Wildman–Crippen MR) is 116 cm³/mol. The second-order valence-corrected chi connectivity index (χ2v) is 8.48. The van der Waals surface area contributed by atoms with E-state index in [4.69, 9.17) is 0 Å². The molecule has 5 heteroatoms. The van der Waals surface area contributed by atoms with Crippen LogP contribution in [0.4, 0.5) is 5.69 Å². The van der Waals surface area contributed by atoms with Crippen LogP contribution in [0.1, 0.15) is 37.2 Å². The van der Waals surface area contributed by atoms with Gasteiger partial charge in [-0.1, -0.05) is 18.6 Å². The van der Waals surface area contributed by atoms with Crippen LogP contribution in [0.15, 0.2) is 49.1 Å². The van der Waals surface area contributed by atoms with Crippen LogP contribution in [-0.2, 0) is 0 Å². The van der Waals surface area contributed by atoms with Gasteiger partial charge in [0.15, 0.2) is 0 Å². The van der Waals surface area contributed by atoms with Gasteiger partial charge in [-0.2, -0.15) is 0 Å². The van der Waals surface area contributed by atoms with E-state index in [1.807, 2.05) is 18.6 Å². The summed E-state index contributed by atoms with van der Waals surface area (Å²) in [5.74, 6) is 0.659. The summed E-state index contributed by atoms with van der Waals surface area (Å²) in [4.78, 5) is 14.7. The smallest absolute Gasteiger partial charge is 0.138 e. The van der Waals surface area contributed by atoms with E-state index >= 15 is 0 Å². The third-order valence-electron chi connectivity index (χ3n) is 6.68. The molecule has 1 saturated carbocycles. The first-order valence-corrected chi connectivity index (χ1v) is 10.5. The fourth-order valence-corrected chi connectivity index (χ4v) is 4.79. The second kappa shape index (κ2) is 6.56. The van der Waals surface area contributed by atoms with Crippen molar-refractivity contribution >= 4 is 27.5 Å². The average molecular weight is 384 g/mol. The molecule has 4 heterocycles. The van der Waals surface area contributed by atoms with Gasteiger partial charge >= 0.3 is 0 Å². The largest absolute Gasteiger partial charge is 0.391 e. The van der Waals surface area contributed by atoms with Crippen molar-refractivity contribution in [2.24, 2.45) is 0 Å². The Bertz CT molecular complexity index is 1210. The fourth-order valence-electron chi connectivity index (χ4n) is 4.79. The minimum atomic E-state index is -0.237. The molecule has 5 nitrogen and oxygen atoms in total. The van der Waals surface area contributed by atoms with Gasteiger partial charge in [0.25, 0.3) is 0 Å². The Morgan fingerprint density at radius 1 is 1.03 bits per heavy atom. The number of rotatable bonds is 3. The zero-order chi connectivity index (χ0) is 19.4. The van der Waals surface area contributed by atoms with Crippen molar-refractivity contribution in [3.63, 3.8) is 0 Å². The molecule has 4 aromatic rings. The number of hydrogen-bond donors (Lipinski definition) is 2. The Morgan fingerprint density at radius 3 is 2.76 bits per heavy atom. The summed E-state index contributed by atoms with van der Waals surface area (Å²) in [6, 6.07) is 8.80. The summed E-state index contributed by atoms with van der Waals surface area (Å²) in [5, 5.41) is 13.6. The number of aromatic amines is 1. The van der Waals surface area contributed by atoms with E-state index in [1.54, 1.807) is 0 Å². The van der Waals surface area contributed by atoms with Crippen LogP contribution in [0.25, 0.3) is 32.9 Å². The molecule has 29 heavy (non-hydrogen) atoms. The molecule has 146 valence electrons. The molecule has 1 atom stereocenters. The molecule has 2 aliphatic rings. The van der Waals surface area contributed by atoms with Gasteiger partial charge in [0.05, 0.1) is 18.0 Å². The standard InChI is InChI=1S/C24H24N4O/c29-20-6-7-28(14-20)19-8-18(10-25-12-19)16-4-5-17-11-26-24-23(21(17)9-16)22(13-27-24)15-2-1-3-15/h4-5,8-13,15,20,29H,1-3,6-7,14H2,(H,26,27). The number of aliphatic hydroxyl groups is 1. The summed E-state index contributed by atoms with van der Waals surface area (Å²) < 4.78 is 0. The van der Waals surface area contributed by atoms with Gasteiger partial charge in [-0.3, -0.25) is 4.98 Å². The first-order chi connectivity index (χ1) is 14.3. The number of β-amino-alcohol motifs (C(OH)–C–C–N with tert-alkyl or cyclic N) is 1. The maximum atomic E-state index is 9.87. The molecule has 1 aliphatic heterocycles. The van der Waals surface area contributed by atoms with E-state index in [0.29, 0.717) is 12.5 Å². The summed E-state index contributed by atoms with van der Waals surface area (Å²) in [6.07, 6.45) is 12.4. The predicted octanol–water partition coefficient (Wildman–Crippen LogP) is 4.62. The SMILES string of the molecule is OC1CCN(c2cncc(-c3ccc4cnc5[nH]cc(C6CCC6)c5c4c3)c2)C1. The monoisotopic (exact) mass is 384 g/mol. The Hall–Kier alpha value is -2.92. The highest BCUT2D eigenvalue weighted by Crippen LogP contribution is 2.42. The van der Waals surface area contributed by atoms with E-state index in [9.17, 15) is 5.11 Å². The number of aromatic nitrogens is 3. The Morgan fingerprint density at radius 2 is 1.97 bits per heavy atom. The lowest BCUT2D eigenvalue weighted by atomic mass is 9.79. The average Bonchev–Trinajstić information content (AvgIpc) is 3.33. The minimum Gasteiger partial charge on any atom is -0.391 e. The van der Waals surface area contributed by atoms with Crippen molar-refractivity contribution < 1.29 is 5.11 Å². The van der Waals surface area contributed by atoms with Crippen molar-refractivity contribution in [3.8, 4) is 11.1 Å². The molecule has 2 fully saturated rings. The minimum absolute atomic E-state index is 0.237. The molecule has 6 rings (SSSR count). The number of fused-ring (bicyclic) bond motifs is 3. The highest BCUT2D eigenvalue weighted by Gasteiger charge is 2.24. The lowest BCUT2D eigenvalue weighted by Crippen LogP contribution is -2.21. The molecular weight excluding hydrogens is 360 g/mol. The van der Waals surface area contributed by atoms with Crippen molar-refractivity contribution in [3.05, 3.63) is 54.6 Å². The summed E-state index contributed by atoms with van der Waals surface area (Å²) in [5.41, 5.74) is 5.75. The van der Waals surface area contributed by atoms with Gasteiger partial charge in [0.2, 0.25) is 0 Å². The van der Waals surface area contributed by atoms with Crippen molar-refractivity contribution in [1.82, 2.24) is 15.0 Å².